The minimum absolute atomic E-state index is 1.99. The van der Waals surface area contributed by atoms with E-state index in [1.807, 2.05) is 0 Å². The largest absolute Gasteiger partial charge is 0.316 e. The van der Waals surface area contributed by atoms with Gasteiger partial charge in [-0.05, 0) is 0 Å². The van der Waals surface area contributed by atoms with Crippen molar-refractivity contribution in [1.29, 1.82) is 0 Å². The number of nitrogens with zero attached hydrogens (tertiary/aromatic N) is 1. The van der Waals surface area contributed by atoms with Crippen LogP contribution in [0.15, 0.2) is 0 Å². The molecule has 6 heavy (non-hydrogen) atoms. The van der Waals surface area contributed by atoms with Gasteiger partial charge < -0.3 is 0 Å². The Morgan fingerprint density at radius 2 is 1.50 bits per heavy atom. The summed E-state index contributed by atoms with van der Waals surface area (Å²) >= 11 is 14.3. The Bertz CT molecular complexity index is 40.5. The fourth-order valence-corrected chi connectivity index (χ4v) is 0. The van der Waals surface area contributed by atoms with Crippen molar-refractivity contribution in [2.75, 3.05) is 0 Å². The molecule has 0 atom stereocenters. The van der Waals surface area contributed by atoms with Crippen molar-refractivity contribution in [1.82, 2.24) is 5.90 Å². The highest BCUT2D eigenvalue weighted by molar-refractivity contribution is 6.66. The Morgan fingerprint density at radius 1 is 1.33 bits per heavy atom. The van der Waals surface area contributed by atoms with Crippen LogP contribution < -0.4 is 5.90 Å². The molecule has 0 fully saturated rings. The maximum absolute atomic E-state index is 7.51. The minimum Gasteiger partial charge on any atom is -0.208 e. The number of alkyl halides is 3. The van der Waals surface area contributed by atoms with Crippen molar-refractivity contribution in [3.8, 4) is 0 Å². The molecule has 5 heteroatoms. The zero-order valence-corrected chi connectivity index (χ0v) is 4.76. The molecule has 0 N–H and O–H groups in total. The first-order chi connectivity index (χ1) is 2.56. The molecule has 0 aromatic rings. The Kier molecular flexibility index (Phi) is 2.48. The van der Waals surface area contributed by atoms with Crippen LogP contribution in [0.2, 0.25) is 0 Å². The molecule has 36 valence electrons. The molecule has 0 heterocycles. The van der Waals surface area contributed by atoms with E-state index in [0.717, 1.165) is 0 Å². The van der Waals surface area contributed by atoms with Crippen LogP contribution in [-0.4, -0.2) is 3.98 Å². The third-order valence-electron chi connectivity index (χ3n) is 0.104. The predicted octanol–water partition coefficient (Wildman–Crippen LogP) is 1.31. The zero-order valence-electron chi connectivity index (χ0n) is 2.49. The van der Waals surface area contributed by atoms with Crippen molar-refractivity contribution in [3.05, 3.63) is 0 Å². The lowest BCUT2D eigenvalue weighted by Gasteiger charge is -1.99. The summed E-state index contributed by atoms with van der Waals surface area (Å²) in [6.07, 6.45) is 0. The molecule has 0 aliphatic carbocycles. The summed E-state index contributed by atoms with van der Waals surface area (Å²) in [5.41, 5.74) is 0. The van der Waals surface area contributed by atoms with E-state index in [-0.39, 0.29) is 0 Å². The van der Waals surface area contributed by atoms with Crippen molar-refractivity contribution >= 4 is 34.8 Å². The first-order valence-corrected chi connectivity index (χ1v) is 2.09. The molecule has 0 saturated carbocycles. The summed E-state index contributed by atoms with van der Waals surface area (Å²) in [5.74, 6) is 7.51. The first-order valence-electron chi connectivity index (χ1n) is 0.954. The van der Waals surface area contributed by atoms with Gasteiger partial charge in [0.15, 0.2) is 0 Å². The van der Waals surface area contributed by atoms with Gasteiger partial charge in [-0.15, -0.1) is 0 Å². The Morgan fingerprint density at radius 3 is 1.50 bits per heavy atom. The lowest BCUT2D eigenvalue weighted by molar-refractivity contribution is 0.113. The van der Waals surface area contributed by atoms with Gasteiger partial charge in [-0.25, -0.2) is 4.84 Å². The molecule has 0 spiro atoms. The molecule has 0 unspecified atom stereocenters. The van der Waals surface area contributed by atoms with E-state index in [0.29, 0.717) is 0 Å². The average molecular weight is 148 g/mol. The Hall–Kier alpha value is 0.790. The third-order valence-corrected chi connectivity index (χ3v) is 0.311. The van der Waals surface area contributed by atoms with Gasteiger partial charge in [0.05, 0.1) is 0 Å². The fourth-order valence-electron chi connectivity index (χ4n) is 0. The summed E-state index contributed by atoms with van der Waals surface area (Å²) in [6, 6.07) is 0. The second-order valence-corrected chi connectivity index (χ2v) is 2.71. The van der Waals surface area contributed by atoms with E-state index < -0.39 is 3.98 Å². The Balaban J connectivity index is 3.17. The number of rotatable bonds is 0. The highest BCUT2D eigenvalue weighted by Gasteiger charge is 2.18. The molecule has 2 radical (unpaired) electrons. The van der Waals surface area contributed by atoms with Crippen LogP contribution in [0.4, 0.5) is 0 Å². The van der Waals surface area contributed by atoms with Crippen molar-refractivity contribution < 1.29 is 4.84 Å². The summed E-state index contributed by atoms with van der Waals surface area (Å²) in [7, 11) is 0. The first kappa shape index (κ1) is 6.79. The molecule has 0 amide bonds. The van der Waals surface area contributed by atoms with Crippen LogP contribution >= 0.6 is 34.8 Å². The fraction of sp³-hybridized carbons (Fsp3) is 1.00. The average Bonchev–Trinajstić information content (AvgIpc) is 1.35. The van der Waals surface area contributed by atoms with E-state index in [4.69, 9.17) is 40.7 Å². The quantitative estimate of drug-likeness (QED) is 0.376. The van der Waals surface area contributed by atoms with Crippen LogP contribution in [0.3, 0.4) is 0 Å². The highest BCUT2D eigenvalue weighted by atomic mass is 35.6. The molecule has 2 nitrogen and oxygen atoms in total. The lowest BCUT2D eigenvalue weighted by atomic mass is 11.6. The van der Waals surface area contributed by atoms with Crippen molar-refractivity contribution in [2.45, 2.75) is 3.98 Å². The topological polar surface area (TPSA) is 31.5 Å². The summed E-state index contributed by atoms with van der Waals surface area (Å²) in [6.45, 7) is 0. The van der Waals surface area contributed by atoms with Gasteiger partial charge in [-0.3, -0.25) is 0 Å². The highest BCUT2D eigenvalue weighted by Crippen LogP contribution is 2.24. The third kappa shape index (κ3) is 4.79. The minimum atomic E-state index is -1.99. The molecule has 0 aromatic carbocycles. The van der Waals surface area contributed by atoms with Crippen LogP contribution in [0.1, 0.15) is 0 Å². The molecule has 0 aromatic heterocycles. The maximum atomic E-state index is 7.51. The number of halogens is 3. The van der Waals surface area contributed by atoms with Gasteiger partial charge in [0.2, 0.25) is 0 Å². The molecule has 0 rings (SSSR count). The van der Waals surface area contributed by atoms with Gasteiger partial charge in [-0.2, -0.15) is 0 Å². The number of hydrogen-bond acceptors (Lipinski definition) is 1. The summed E-state index contributed by atoms with van der Waals surface area (Å²) in [5, 5.41) is 0. The monoisotopic (exact) mass is 147 g/mol. The molecule has 0 aliphatic heterocycles. The summed E-state index contributed by atoms with van der Waals surface area (Å²) < 4.78 is -1.99. The van der Waals surface area contributed by atoms with Gasteiger partial charge in [0.1, 0.15) is 0 Å². The van der Waals surface area contributed by atoms with Crippen LogP contribution in [0, 0.1) is 0 Å². The Labute approximate surface area is 50.1 Å². The zero-order chi connectivity index (χ0) is 5.21. The number of hydrogen-bond donors (Lipinski definition) is 0. The normalized spacial score (nSPS) is 12.0. The van der Waals surface area contributed by atoms with E-state index in [1.54, 1.807) is 0 Å². The SMILES string of the molecule is [N]OC(Cl)(Cl)Cl. The molecule has 0 saturated heterocycles. The maximum Gasteiger partial charge on any atom is 0.316 e. The predicted molar refractivity (Wildman–Crippen MR) is 23.5 cm³/mol. The van der Waals surface area contributed by atoms with E-state index >= 15 is 0 Å². The van der Waals surface area contributed by atoms with Crippen molar-refractivity contribution in [3.63, 3.8) is 0 Å². The van der Waals surface area contributed by atoms with Crippen LogP contribution in [0.25, 0.3) is 0 Å². The van der Waals surface area contributed by atoms with Gasteiger partial charge >= 0.3 is 3.98 Å². The van der Waals surface area contributed by atoms with Crippen LogP contribution in [-0.2, 0) is 4.84 Å². The van der Waals surface area contributed by atoms with Crippen LogP contribution in [0.5, 0.6) is 0 Å². The van der Waals surface area contributed by atoms with E-state index in [9.17, 15) is 0 Å². The standard InChI is InChI=1S/CCl3NO/c2-1(3,4)6-5. The van der Waals surface area contributed by atoms with Gasteiger partial charge in [0.25, 0.3) is 0 Å². The van der Waals surface area contributed by atoms with Gasteiger partial charge in [-0.1, -0.05) is 34.8 Å². The molecular formula is CCl3NO. The smallest absolute Gasteiger partial charge is 0.208 e. The van der Waals surface area contributed by atoms with E-state index in [2.05, 4.69) is 4.84 Å². The van der Waals surface area contributed by atoms with Crippen molar-refractivity contribution in [2.24, 2.45) is 0 Å². The van der Waals surface area contributed by atoms with E-state index in [1.165, 1.54) is 0 Å². The molecule has 0 bridgehead atoms. The molecule has 0 aliphatic rings. The second kappa shape index (κ2) is 2.19. The molecular weight excluding hydrogens is 148 g/mol. The lowest BCUT2D eigenvalue weighted by Crippen LogP contribution is -2.05. The summed E-state index contributed by atoms with van der Waals surface area (Å²) in [4.78, 5) is 3.23. The second-order valence-electron chi connectivity index (χ2n) is 0.537. The van der Waals surface area contributed by atoms with Gasteiger partial charge in [0, 0.05) is 5.90 Å².